The number of phenolic OH excluding ortho intramolecular Hbond substituents is 1. The third kappa shape index (κ3) is 8.41. The van der Waals surface area contributed by atoms with Crippen LogP contribution < -0.4 is 21.7 Å². The molecule has 4 atom stereocenters. The van der Waals surface area contributed by atoms with E-state index in [0.29, 0.717) is 5.56 Å². The molecule has 1 rings (SSSR count). The first-order valence-corrected chi connectivity index (χ1v) is 9.76. The summed E-state index contributed by atoms with van der Waals surface area (Å²) in [6, 6.07) is 0.382. The zero-order chi connectivity index (χ0) is 23.6. The van der Waals surface area contributed by atoms with Crippen LogP contribution >= 0.6 is 12.6 Å². The summed E-state index contributed by atoms with van der Waals surface area (Å²) in [4.78, 5) is 48.1. The summed E-state index contributed by atoms with van der Waals surface area (Å²) in [6.45, 7) is -1.51. The molecule has 1 aromatic rings. The predicted octanol–water partition coefficient (Wildman–Crippen LogP) is -3.28. The van der Waals surface area contributed by atoms with Crippen LogP contribution in [-0.4, -0.2) is 87.3 Å². The van der Waals surface area contributed by atoms with Crippen LogP contribution in [0.3, 0.4) is 0 Å². The van der Waals surface area contributed by atoms with Gasteiger partial charge in [0.1, 0.15) is 29.9 Å². The van der Waals surface area contributed by atoms with E-state index in [2.05, 4.69) is 28.6 Å². The normalized spacial score (nSPS) is 14.6. The van der Waals surface area contributed by atoms with Gasteiger partial charge in [-0.2, -0.15) is 12.6 Å². The molecule has 0 spiro atoms. The zero-order valence-electron chi connectivity index (χ0n) is 16.4. The maximum Gasteiger partial charge on any atom is 0.327 e. The molecule has 172 valence electrons. The van der Waals surface area contributed by atoms with Gasteiger partial charge in [-0.3, -0.25) is 14.4 Å². The third-order valence-corrected chi connectivity index (χ3v) is 4.52. The summed E-state index contributed by atoms with van der Waals surface area (Å²) in [5.41, 5.74) is 6.00. The van der Waals surface area contributed by atoms with E-state index in [1.165, 1.54) is 24.3 Å². The molecule has 31 heavy (non-hydrogen) atoms. The van der Waals surface area contributed by atoms with Crippen molar-refractivity contribution >= 4 is 36.3 Å². The molecule has 1 aromatic carbocycles. The van der Waals surface area contributed by atoms with Crippen LogP contribution in [0.4, 0.5) is 0 Å². The molecule has 0 aliphatic rings. The van der Waals surface area contributed by atoms with Crippen molar-refractivity contribution in [3.8, 4) is 5.75 Å². The van der Waals surface area contributed by atoms with Gasteiger partial charge in [0.2, 0.25) is 17.7 Å². The summed E-state index contributed by atoms with van der Waals surface area (Å²) in [5, 5.41) is 43.6. The van der Waals surface area contributed by atoms with Crippen molar-refractivity contribution in [2.24, 2.45) is 5.73 Å². The van der Waals surface area contributed by atoms with Crippen LogP contribution in [0, 0.1) is 0 Å². The average molecular weight is 458 g/mol. The molecule has 0 radical (unpaired) electrons. The van der Waals surface area contributed by atoms with Gasteiger partial charge in [0.25, 0.3) is 0 Å². The van der Waals surface area contributed by atoms with Crippen LogP contribution in [0.2, 0.25) is 0 Å². The van der Waals surface area contributed by atoms with Crippen LogP contribution in [-0.2, 0) is 25.6 Å². The number of hydrogen-bond donors (Lipinski definition) is 9. The van der Waals surface area contributed by atoms with Gasteiger partial charge in [0, 0.05) is 12.2 Å². The maximum atomic E-state index is 12.7. The van der Waals surface area contributed by atoms with E-state index < -0.39 is 61.1 Å². The smallest absolute Gasteiger partial charge is 0.327 e. The Kier molecular flexibility index (Phi) is 10.8. The second-order valence-corrected chi connectivity index (χ2v) is 6.91. The van der Waals surface area contributed by atoms with Crippen molar-refractivity contribution in [3.05, 3.63) is 29.8 Å². The molecule has 0 fully saturated rings. The van der Waals surface area contributed by atoms with Crippen molar-refractivity contribution in [2.45, 2.75) is 30.6 Å². The zero-order valence-corrected chi connectivity index (χ0v) is 17.3. The standard InChI is InChI=1S/C18H26N4O8S/c19-11(6-23)15(26)20-12(5-9-1-3-10(25)4-2-9)16(27)21-13(7-24)17(28)22-14(8-31)18(29)30/h1-4,11-14,23-25,31H,5-8,19H2,(H,20,26)(H,21,27)(H,22,28)(H,29,30). The number of phenols is 1. The second kappa shape index (κ2) is 12.7. The molecule has 0 saturated carbocycles. The number of aliphatic hydroxyl groups is 2. The van der Waals surface area contributed by atoms with Crippen LogP contribution in [0.25, 0.3) is 0 Å². The van der Waals surface area contributed by atoms with Gasteiger partial charge in [-0.05, 0) is 17.7 Å². The molecule has 4 unspecified atom stereocenters. The molecule has 3 amide bonds. The van der Waals surface area contributed by atoms with E-state index in [4.69, 9.17) is 15.9 Å². The van der Waals surface area contributed by atoms with Crippen LogP contribution in [0.1, 0.15) is 5.56 Å². The molecular formula is C18H26N4O8S. The lowest BCUT2D eigenvalue weighted by molar-refractivity contribution is -0.142. The van der Waals surface area contributed by atoms with Crippen LogP contribution in [0.5, 0.6) is 5.75 Å². The fraction of sp³-hybridized carbons (Fsp3) is 0.444. The van der Waals surface area contributed by atoms with E-state index in [0.717, 1.165) is 0 Å². The van der Waals surface area contributed by atoms with E-state index in [-0.39, 0.29) is 17.9 Å². The number of carbonyl (C=O) groups excluding carboxylic acids is 3. The summed E-state index contributed by atoms with van der Waals surface area (Å²) >= 11 is 3.82. The Labute approximate surface area is 183 Å². The monoisotopic (exact) mass is 458 g/mol. The van der Waals surface area contributed by atoms with Gasteiger partial charge >= 0.3 is 5.97 Å². The van der Waals surface area contributed by atoms with Gasteiger partial charge in [0.05, 0.1) is 13.2 Å². The summed E-state index contributed by atoms with van der Waals surface area (Å²) in [6.07, 6.45) is -0.0653. The fourth-order valence-electron chi connectivity index (χ4n) is 2.36. The summed E-state index contributed by atoms with van der Waals surface area (Å²) in [7, 11) is 0. The molecule has 0 aliphatic carbocycles. The lowest BCUT2D eigenvalue weighted by Gasteiger charge is -2.24. The Balaban J connectivity index is 2.97. The Hall–Kier alpha value is -2.87. The average Bonchev–Trinajstić information content (AvgIpc) is 2.75. The highest BCUT2D eigenvalue weighted by Crippen LogP contribution is 2.11. The van der Waals surface area contributed by atoms with Gasteiger partial charge in [-0.15, -0.1) is 0 Å². The predicted molar refractivity (Wildman–Crippen MR) is 111 cm³/mol. The highest BCUT2D eigenvalue weighted by atomic mass is 32.1. The number of aromatic hydroxyl groups is 1. The minimum absolute atomic E-state index is 0.00900. The van der Waals surface area contributed by atoms with Crippen LogP contribution in [0.15, 0.2) is 24.3 Å². The Bertz CT molecular complexity index is 776. The summed E-state index contributed by atoms with van der Waals surface area (Å²) < 4.78 is 0. The van der Waals surface area contributed by atoms with Crippen molar-refractivity contribution in [1.82, 2.24) is 16.0 Å². The van der Waals surface area contributed by atoms with Gasteiger partial charge in [-0.25, -0.2) is 4.79 Å². The first-order valence-electron chi connectivity index (χ1n) is 9.12. The molecule has 0 saturated heterocycles. The number of amides is 3. The maximum absolute atomic E-state index is 12.7. The molecular weight excluding hydrogens is 432 g/mol. The Morgan fingerprint density at radius 2 is 1.39 bits per heavy atom. The number of rotatable bonds is 12. The third-order valence-electron chi connectivity index (χ3n) is 4.16. The second-order valence-electron chi connectivity index (χ2n) is 6.55. The largest absolute Gasteiger partial charge is 0.508 e. The van der Waals surface area contributed by atoms with Crippen molar-refractivity contribution in [3.63, 3.8) is 0 Å². The number of nitrogens with one attached hydrogen (secondary N) is 3. The first kappa shape index (κ1) is 26.2. The molecule has 0 bridgehead atoms. The van der Waals surface area contributed by atoms with Crippen molar-refractivity contribution in [2.75, 3.05) is 19.0 Å². The number of benzene rings is 1. The van der Waals surface area contributed by atoms with Crippen molar-refractivity contribution < 1.29 is 39.6 Å². The Morgan fingerprint density at radius 3 is 1.87 bits per heavy atom. The number of carbonyl (C=O) groups is 4. The van der Waals surface area contributed by atoms with Gasteiger partial charge in [0.15, 0.2) is 0 Å². The highest BCUT2D eigenvalue weighted by Gasteiger charge is 2.29. The molecule has 12 nitrogen and oxygen atoms in total. The van der Waals surface area contributed by atoms with Gasteiger partial charge in [-0.1, -0.05) is 12.1 Å². The highest BCUT2D eigenvalue weighted by molar-refractivity contribution is 7.80. The molecule has 13 heteroatoms. The molecule has 0 aromatic heterocycles. The lowest BCUT2D eigenvalue weighted by Crippen LogP contribution is -2.59. The fourth-order valence-corrected chi connectivity index (χ4v) is 2.61. The molecule has 9 N–H and O–H groups in total. The topological polar surface area (TPSA) is 211 Å². The number of hydrogen-bond acceptors (Lipinski definition) is 9. The quantitative estimate of drug-likeness (QED) is 0.143. The Morgan fingerprint density at radius 1 is 0.871 bits per heavy atom. The van der Waals surface area contributed by atoms with E-state index in [1.807, 2.05) is 0 Å². The van der Waals surface area contributed by atoms with E-state index in [9.17, 15) is 29.4 Å². The number of thiol groups is 1. The number of carboxylic acids is 1. The number of aliphatic carboxylic acids is 1. The lowest BCUT2D eigenvalue weighted by atomic mass is 10.0. The molecule has 0 heterocycles. The molecule has 0 aliphatic heterocycles. The SMILES string of the molecule is NC(CO)C(=O)NC(Cc1ccc(O)cc1)C(=O)NC(CO)C(=O)NC(CS)C(=O)O. The van der Waals surface area contributed by atoms with E-state index in [1.54, 1.807) is 0 Å². The minimum Gasteiger partial charge on any atom is -0.508 e. The van der Waals surface area contributed by atoms with Crippen molar-refractivity contribution in [1.29, 1.82) is 0 Å². The number of aliphatic hydroxyl groups excluding tert-OH is 2. The summed E-state index contributed by atoms with van der Waals surface area (Å²) in [5.74, 6) is -4.22. The van der Waals surface area contributed by atoms with Gasteiger partial charge < -0.3 is 42.1 Å². The first-order chi connectivity index (χ1) is 14.6. The number of nitrogens with two attached hydrogens (primary N) is 1. The van der Waals surface area contributed by atoms with E-state index >= 15 is 0 Å². The number of carboxylic acid groups (broad SMARTS) is 1. The minimum atomic E-state index is -1.50.